The monoisotopic (exact) mass is 238 g/mol. The number of carbonyl (C=O) groups is 1. The Morgan fingerprint density at radius 3 is 2.24 bits per heavy atom. The zero-order valence-corrected chi connectivity index (χ0v) is 11.1. The van der Waals surface area contributed by atoms with E-state index >= 15 is 0 Å². The molecule has 0 atom stereocenters. The van der Waals surface area contributed by atoms with Crippen molar-refractivity contribution in [1.82, 2.24) is 0 Å². The summed E-state index contributed by atoms with van der Waals surface area (Å²) >= 11 is 0. The summed E-state index contributed by atoms with van der Waals surface area (Å²) in [5.41, 5.74) is 0.265. The third-order valence-corrected chi connectivity index (χ3v) is 2.81. The molecule has 0 amide bonds. The van der Waals surface area contributed by atoms with Crippen LogP contribution >= 0.6 is 0 Å². The van der Waals surface area contributed by atoms with Crippen molar-refractivity contribution in [3.63, 3.8) is 0 Å². The quantitative estimate of drug-likeness (QED) is 0.321. The maximum Gasteiger partial charge on any atom is 0.331 e. The molecule has 0 saturated carbocycles. The van der Waals surface area contributed by atoms with Crippen LogP contribution in [0.5, 0.6) is 0 Å². The molecule has 0 unspecified atom stereocenters. The summed E-state index contributed by atoms with van der Waals surface area (Å²) < 4.78 is 0. The highest BCUT2D eigenvalue weighted by Gasteiger charge is 1.99. The van der Waals surface area contributed by atoms with Gasteiger partial charge in [-0.15, -0.1) is 0 Å². The molecule has 0 fully saturated rings. The third kappa shape index (κ3) is 11.2. The lowest BCUT2D eigenvalue weighted by Gasteiger charge is -1.99. The number of rotatable bonds is 11. The standard InChI is InChI=1S/C15H26O2/c1-3-4-5-6-7-8-9-10-11-12-13-14(2)15(16)17/h11-12H,2-10,13H2,1H3,(H,16,17). The summed E-state index contributed by atoms with van der Waals surface area (Å²) in [5, 5.41) is 8.59. The lowest BCUT2D eigenvalue weighted by Crippen LogP contribution is -1.96. The molecule has 0 rings (SSSR count). The van der Waals surface area contributed by atoms with E-state index in [2.05, 4.69) is 19.6 Å². The average Bonchev–Trinajstić information content (AvgIpc) is 2.31. The normalized spacial score (nSPS) is 10.9. The van der Waals surface area contributed by atoms with E-state index in [1.54, 1.807) is 0 Å². The fourth-order valence-electron chi connectivity index (χ4n) is 1.65. The highest BCUT2D eigenvalue weighted by atomic mass is 16.4. The lowest BCUT2D eigenvalue weighted by atomic mass is 10.1. The minimum atomic E-state index is -0.898. The summed E-state index contributed by atoms with van der Waals surface area (Å²) in [6.07, 6.45) is 14.7. The highest BCUT2D eigenvalue weighted by molar-refractivity contribution is 5.85. The van der Waals surface area contributed by atoms with Crippen molar-refractivity contribution in [2.75, 3.05) is 0 Å². The van der Waals surface area contributed by atoms with Crippen molar-refractivity contribution in [2.45, 2.75) is 64.7 Å². The summed E-state index contributed by atoms with van der Waals surface area (Å²) in [4.78, 5) is 10.5. The maximum absolute atomic E-state index is 10.5. The molecule has 17 heavy (non-hydrogen) atoms. The lowest BCUT2D eigenvalue weighted by molar-refractivity contribution is -0.132. The Morgan fingerprint density at radius 1 is 1.06 bits per heavy atom. The van der Waals surface area contributed by atoms with Gasteiger partial charge in [-0.1, -0.05) is 64.2 Å². The van der Waals surface area contributed by atoms with Gasteiger partial charge in [0.1, 0.15) is 0 Å². The van der Waals surface area contributed by atoms with Gasteiger partial charge in [-0.3, -0.25) is 0 Å². The molecule has 0 aliphatic carbocycles. The van der Waals surface area contributed by atoms with E-state index in [9.17, 15) is 4.79 Å². The van der Waals surface area contributed by atoms with Gasteiger partial charge >= 0.3 is 5.97 Å². The van der Waals surface area contributed by atoms with Gasteiger partial charge < -0.3 is 5.11 Å². The second kappa shape index (κ2) is 11.4. The van der Waals surface area contributed by atoms with Crippen LogP contribution in [0.15, 0.2) is 24.3 Å². The van der Waals surface area contributed by atoms with Crippen LogP contribution in [0.25, 0.3) is 0 Å². The molecule has 0 heterocycles. The summed E-state index contributed by atoms with van der Waals surface area (Å²) in [6, 6.07) is 0. The van der Waals surface area contributed by atoms with Gasteiger partial charge in [0, 0.05) is 5.57 Å². The molecule has 0 spiro atoms. The summed E-state index contributed by atoms with van der Waals surface area (Å²) in [6.45, 7) is 5.71. The van der Waals surface area contributed by atoms with Gasteiger partial charge in [-0.2, -0.15) is 0 Å². The van der Waals surface area contributed by atoms with Gasteiger partial charge in [0.05, 0.1) is 0 Å². The Balaban J connectivity index is 3.25. The molecule has 1 N–H and O–H groups in total. The highest BCUT2D eigenvalue weighted by Crippen LogP contribution is 2.09. The Hall–Kier alpha value is -1.05. The zero-order chi connectivity index (χ0) is 12.9. The molecule has 0 radical (unpaired) electrons. The van der Waals surface area contributed by atoms with E-state index < -0.39 is 5.97 Å². The van der Waals surface area contributed by atoms with E-state index in [0.29, 0.717) is 6.42 Å². The first-order valence-electron chi connectivity index (χ1n) is 6.74. The Morgan fingerprint density at radius 2 is 1.65 bits per heavy atom. The minimum absolute atomic E-state index is 0.265. The van der Waals surface area contributed by atoms with Crippen molar-refractivity contribution in [1.29, 1.82) is 0 Å². The molecule has 2 heteroatoms. The zero-order valence-electron chi connectivity index (χ0n) is 11.1. The van der Waals surface area contributed by atoms with Crippen LogP contribution in [-0.4, -0.2) is 11.1 Å². The second-order valence-corrected chi connectivity index (χ2v) is 4.49. The Bertz CT molecular complexity index is 241. The molecule has 0 bridgehead atoms. The minimum Gasteiger partial charge on any atom is -0.478 e. The van der Waals surface area contributed by atoms with Gasteiger partial charge in [0.15, 0.2) is 0 Å². The molecule has 2 nitrogen and oxygen atoms in total. The van der Waals surface area contributed by atoms with Crippen LogP contribution in [0.1, 0.15) is 64.7 Å². The number of allylic oxidation sites excluding steroid dienone is 2. The van der Waals surface area contributed by atoms with Crippen LogP contribution in [0.4, 0.5) is 0 Å². The predicted octanol–water partition coefficient (Wildman–Crippen LogP) is 4.71. The van der Waals surface area contributed by atoms with Crippen molar-refractivity contribution < 1.29 is 9.90 Å². The SMILES string of the molecule is C=C(CC=CCCCCCCCCC)C(=O)O. The van der Waals surface area contributed by atoms with Crippen LogP contribution in [0.2, 0.25) is 0 Å². The second-order valence-electron chi connectivity index (χ2n) is 4.49. The van der Waals surface area contributed by atoms with E-state index in [1.165, 1.54) is 44.9 Å². The fourth-order valence-corrected chi connectivity index (χ4v) is 1.65. The van der Waals surface area contributed by atoms with Crippen molar-refractivity contribution in [2.24, 2.45) is 0 Å². The van der Waals surface area contributed by atoms with E-state index in [0.717, 1.165) is 6.42 Å². The third-order valence-electron chi connectivity index (χ3n) is 2.81. The first kappa shape index (κ1) is 16.0. The molecule has 0 aliphatic heterocycles. The maximum atomic E-state index is 10.5. The van der Waals surface area contributed by atoms with Gasteiger partial charge in [-0.25, -0.2) is 4.79 Å². The molecule has 0 aromatic heterocycles. The number of aliphatic carboxylic acids is 1. The fraction of sp³-hybridized carbons (Fsp3) is 0.667. The number of carboxylic acids is 1. The summed E-state index contributed by atoms with van der Waals surface area (Å²) in [7, 11) is 0. The van der Waals surface area contributed by atoms with Crippen LogP contribution < -0.4 is 0 Å². The topological polar surface area (TPSA) is 37.3 Å². The van der Waals surface area contributed by atoms with E-state index in [4.69, 9.17) is 5.11 Å². The van der Waals surface area contributed by atoms with Gasteiger partial charge in [0.2, 0.25) is 0 Å². The van der Waals surface area contributed by atoms with Crippen molar-refractivity contribution in [3.05, 3.63) is 24.3 Å². The smallest absolute Gasteiger partial charge is 0.331 e. The molecular formula is C15H26O2. The first-order chi connectivity index (χ1) is 8.18. The van der Waals surface area contributed by atoms with Crippen LogP contribution in [-0.2, 0) is 4.79 Å². The molecule has 0 aromatic rings. The predicted molar refractivity (Wildman–Crippen MR) is 73.1 cm³/mol. The first-order valence-corrected chi connectivity index (χ1v) is 6.74. The molecule has 0 aliphatic rings. The molecule has 0 aromatic carbocycles. The van der Waals surface area contributed by atoms with E-state index in [1.807, 2.05) is 6.08 Å². The van der Waals surface area contributed by atoms with Crippen LogP contribution in [0, 0.1) is 0 Å². The molecule has 98 valence electrons. The van der Waals surface area contributed by atoms with Crippen LogP contribution in [0.3, 0.4) is 0 Å². The van der Waals surface area contributed by atoms with Gasteiger partial charge in [0.25, 0.3) is 0 Å². The molecule has 0 saturated heterocycles. The number of hydrogen-bond acceptors (Lipinski definition) is 1. The van der Waals surface area contributed by atoms with Crippen molar-refractivity contribution >= 4 is 5.97 Å². The number of carboxylic acid groups (broad SMARTS) is 1. The van der Waals surface area contributed by atoms with Gasteiger partial charge in [-0.05, 0) is 19.3 Å². The molecular weight excluding hydrogens is 212 g/mol. The van der Waals surface area contributed by atoms with Crippen molar-refractivity contribution in [3.8, 4) is 0 Å². The van der Waals surface area contributed by atoms with E-state index in [-0.39, 0.29) is 5.57 Å². The Labute approximate surface area is 105 Å². The summed E-state index contributed by atoms with van der Waals surface area (Å²) in [5.74, 6) is -0.898. The number of unbranched alkanes of at least 4 members (excludes halogenated alkanes) is 7. The number of hydrogen-bond donors (Lipinski definition) is 1. The Kier molecular flexibility index (Phi) is 10.7. The largest absolute Gasteiger partial charge is 0.478 e. The average molecular weight is 238 g/mol.